The van der Waals surface area contributed by atoms with Gasteiger partial charge in [-0.2, -0.15) is 5.10 Å². The summed E-state index contributed by atoms with van der Waals surface area (Å²) in [5.41, 5.74) is 3.57. The zero-order chi connectivity index (χ0) is 27.1. The standard InChI is InChI=1S/C28H34FN9O/c1-17(2)26-22-9-20(11-31-27(22)35-36(26)4)25-23(29)12-32-28(34-25)33-24-6-5-19(10-30-24)14-37-7-8-38(13-18(37)3)21-15-39-16-21/h5-6,9-12,17-18,21H,7-8,13-16H2,1-4H3,(H,30,32,33,34). The highest BCUT2D eigenvalue weighted by Gasteiger charge is 2.32. The zero-order valence-electron chi connectivity index (χ0n) is 22.8. The Bertz CT molecular complexity index is 1470. The summed E-state index contributed by atoms with van der Waals surface area (Å²) < 4.78 is 22.0. The monoisotopic (exact) mass is 531 g/mol. The molecule has 2 saturated heterocycles. The van der Waals surface area contributed by atoms with Crippen molar-refractivity contribution in [2.45, 2.75) is 45.3 Å². The first-order valence-electron chi connectivity index (χ1n) is 13.5. The molecule has 0 saturated carbocycles. The Labute approximate surface area is 227 Å². The van der Waals surface area contributed by atoms with Crippen LogP contribution in [0.5, 0.6) is 0 Å². The van der Waals surface area contributed by atoms with Gasteiger partial charge in [-0.25, -0.2) is 24.3 Å². The smallest absolute Gasteiger partial charge is 0.229 e. The van der Waals surface area contributed by atoms with Crippen molar-refractivity contribution in [2.75, 3.05) is 38.2 Å². The van der Waals surface area contributed by atoms with Crippen molar-refractivity contribution in [2.24, 2.45) is 7.05 Å². The van der Waals surface area contributed by atoms with Crippen LogP contribution >= 0.6 is 0 Å². The first-order chi connectivity index (χ1) is 18.9. The summed E-state index contributed by atoms with van der Waals surface area (Å²) >= 11 is 0. The lowest BCUT2D eigenvalue weighted by Crippen LogP contribution is -2.59. The largest absolute Gasteiger partial charge is 0.378 e. The van der Waals surface area contributed by atoms with E-state index in [9.17, 15) is 4.39 Å². The maximum Gasteiger partial charge on any atom is 0.229 e. The van der Waals surface area contributed by atoms with E-state index in [0.29, 0.717) is 29.1 Å². The van der Waals surface area contributed by atoms with E-state index in [1.807, 2.05) is 30.1 Å². The van der Waals surface area contributed by atoms with Crippen molar-refractivity contribution < 1.29 is 9.13 Å². The number of piperazine rings is 1. The zero-order valence-corrected chi connectivity index (χ0v) is 22.8. The fourth-order valence-electron chi connectivity index (χ4n) is 5.51. The van der Waals surface area contributed by atoms with Gasteiger partial charge in [-0.1, -0.05) is 19.9 Å². The number of fused-ring (bicyclic) bond motifs is 1. The van der Waals surface area contributed by atoms with Gasteiger partial charge in [0.25, 0.3) is 0 Å². The van der Waals surface area contributed by atoms with E-state index in [-0.39, 0.29) is 17.6 Å². The molecule has 1 atom stereocenters. The molecule has 4 aromatic rings. The highest BCUT2D eigenvalue weighted by Crippen LogP contribution is 2.29. The Balaban J connectivity index is 1.15. The van der Waals surface area contributed by atoms with E-state index in [2.05, 4.69) is 67.0 Å². The first-order valence-corrected chi connectivity index (χ1v) is 13.5. The Morgan fingerprint density at radius 2 is 1.95 bits per heavy atom. The normalized spacial score (nSPS) is 19.1. The summed E-state index contributed by atoms with van der Waals surface area (Å²) in [5.74, 6) is 0.599. The molecule has 0 amide bonds. The average molecular weight is 532 g/mol. The van der Waals surface area contributed by atoms with Crippen LogP contribution in [0.3, 0.4) is 0 Å². The first kappa shape index (κ1) is 25.7. The number of halogens is 1. The van der Waals surface area contributed by atoms with Gasteiger partial charge in [0.2, 0.25) is 5.95 Å². The SMILES string of the molecule is CC(C)c1c2cc(-c3nc(Nc4ccc(CN5CCN(C6COC6)CC5C)cn4)ncc3F)cnc2nn1C. The summed E-state index contributed by atoms with van der Waals surface area (Å²) in [6, 6.07) is 6.93. The van der Waals surface area contributed by atoms with Gasteiger partial charge in [-0.05, 0) is 30.5 Å². The minimum Gasteiger partial charge on any atom is -0.378 e. The van der Waals surface area contributed by atoms with E-state index in [1.54, 1.807) is 6.20 Å². The molecule has 6 heterocycles. The summed E-state index contributed by atoms with van der Waals surface area (Å²) in [6.45, 7) is 12.2. The van der Waals surface area contributed by atoms with Crippen LogP contribution < -0.4 is 5.32 Å². The molecule has 10 nitrogen and oxygen atoms in total. The van der Waals surface area contributed by atoms with E-state index in [1.165, 1.54) is 6.20 Å². The number of anilines is 2. The Kier molecular flexibility index (Phi) is 6.96. The number of nitrogens with zero attached hydrogens (tertiary/aromatic N) is 8. The molecule has 2 aliphatic heterocycles. The van der Waals surface area contributed by atoms with Crippen LogP contribution in [0.4, 0.5) is 16.2 Å². The molecule has 0 aromatic carbocycles. The van der Waals surface area contributed by atoms with E-state index < -0.39 is 5.82 Å². The van der Waals surface area contributed by atoms with Crippen LogP contribution in [-0.4, -0.2) is 84.4 Å². The molecule has 1 unspecified atom stereocenters. The fraction of sp³-hybridized carbons (Fsp3) is 0.464. The van der Waals surface area contributed by atoms with Crippen molar-refractivity contribution >= 4 is 22.8 Å². The van der Waals surface area contributed by atoms with Crippen LogP contribution in [-0.2, 0) is 18.3 Å². The molecule has 0 bridgehead atoms. The van der Waals surface area contributed by atoms with Crippen LogP contribution in [0.15, 0.2) is 36.8 Å². The maximum atomic E-state index is 14.8. The number of nitrogens with one attached hydrogen (secondary N) is 1. The lowest BCUT2D eigenvalue weighted by molar-refractivity contribution is -0.0855. The number of hydrogen-bond donors (Lipinski definition) is 1. The molecule has 0 spiro atoms. The number of aryl methyl sites for hydroxylation is 1. The van der Waals surface area contributed by atoms with E-state index >= 15 is 0 Å². The molecule has 2 aliphatic rings. The van der Waals surface area contributed by atoms with Gasteiger partial charge in [0, 0.05) is 62.6 Å². The van der Waals surface area contributed by atoms with Crippen molar-refractivity contribution in [1.82, 2.24) is 39.5 Å². The van der Waals surface area contributed by atoms with Gasteiger partial charge in [-0.15, -0.1) is 0 Å². The lowest BCUT2D eigenvalue weighted by atomic mass is 10.1. The number of pyridine rings is 2. The Hall–Kier alpha value is -3.54. The number of aromatic nitrogens is 6. The van der Waals surface area contributed by atoms with Gasteiger partial charge in [-0.3, -0.25) is 14.5 Å². The Morgan fingerprint density at radius 3 is 2.64 bits per heavy atom. The summed E-state index contributed by atoms with van der Waals surface area (Å²) in [6.07, 6.45) is 4.65. The predicted octanol–water partition coefficient (Wildman–Crippen LogP) is 3.73. The van der Waals surface area contributed by atoms with E-state index in [0.717, 1.165) is 56.0 Å². The van der Waals surface area contributed by atoms with Crippen LogP contribution in [0, 0.1) is 5.82 Å². The van der Waals surface area contributed by atoms with Crippen molar-refractivity contribution in [3.8, 4) is 11.3 Å². The van der Waals surface area contributed by atoms with Crippen LogP contribution in [0.2, 0.25) is 0 Å². The quantitative estimate of drug-likeness (QED) is 0.383. The highest BCUT2D eigenvalue weighted by molar-refractivity contribution is 5.83. The third-order valence-electron chi connectivity index (χ3n) is 7.68. The second-order valence-corrected chi connectivity index (χ2v) is 10.8. The molecule has 6 rings (SSSR count). The number of hydrogen-bond acceptors (Lipinski definition) is 9. The molecule has 204 valence electrons. The minimum atomic E-state index is -0.515. The third kappa shape index (κ3) is 5.21. The second kappa shape index (κ2) is 10.6. The van der Waals surface area contributed by atoms with E-state index in [4.69, 9.17) is 4.74 Å². The second-order valence-electron chi connectivity index (χ2n) is 10.8. The lowest BCUT2D eigenvalue weighted by Gasteiger charge is -2.45. The summed E-state index contributed by atoms with van der Waals surface area (Å²) in [4.78, 5) is 22.7. The van der Waals surface area contributed by atoms with Crippen molar-refractivity contribution in [1.29, 1.82) is 0 Å². The number of rotatable bonds is 7. The molecule has 0 aliphatic carbocycles. The molecule has 2 fully saturated rings. The molecular formula is C28H34FN9O. The van der Waals surface area contributed by atoms with Gasteiger partial charge >= 0.3 is 0 Å². The summed E-state index contributed by atoms with van der Waals surface area (Å²) in [7, 11) is 1.90. The topological polar surface area (TPSA) is 97.1 Å². The summed E-state index contributed by atoms with van der Waals surface area (Å²) in [5, 5.41) is 8.48. The maximum absolute atomic E-state index is 14.8. The van der Waals surface area contributed by atoms with Gasteiger partial charge < -0.3 is 10.1 Å². The van der Waals surface area contributed by atoms with Crippen molar-refractivity contribution in [3.05, 3.63) is 53.9 Å². The van der Waals surface area contributed by atoms with Crippen LogP contribution in [0.1, 0.15) is 37.9 Å². The predicted molar refractivity (Wildman–Crippen MR) is 147 cm³/mol. The number of ether oxygens (including phenoxy) is 1. The third-order valence-corrected chi connectivity index (χ3v) is 7.68. The Morgan fingerprint density at radius 1 is 1.10 bits per heavy atom. The molecule has 39 heavy (non-hydrogen) atoms. The van der Waals surface area contributed by atoms with Crippen LogP contribution in [0.25, 0.3) is 22.3 Å². The highest BCUT2D eigenvalue weighted by atomic mass is 19.1. The molecular weight excluding hydrogens is 497 g/mol. The molecule has 4 aromatic heterocycles. The average Bonchev–Trinajstić information content (AvgIpc) is 3.22. The van der Waals surface area contributed by atoms with Gasteiger partial charge in [0.05, 0.1) is 31.1 Å². The van der Waals surface area contributed by atoms with Crippen molar-refractivity contribution in [3.63, 3.8) is 0 Å². The molecule has 11 heteroatoms. The minimum absolute atomic E-state index is 0.179. The molecule has 1 N–H and O–H groups in total. The molecule has 0 radical (unpaired) electrons. The van der Waals surface area contributed by atoms with Gasteiger partial charge in [0.1, 0.15) is 11.5 Å². The van der Waals surface area contributed by atoms with Gasteiger partial charge in [0.15, 0.2) is 11.5 Å². The fourth-order valence-corrected chi connectivity index (χ4v) is 5.51.